The quantitative estimate of drug-likeness (QED) is 0.333. The van der Waals surface area contributed by atoms with Gasteiger partial charge in [-0.15, -0.1) is 0 Å². The number of ether oxygens (including phenoxy) is 2. The Morgan fingerprint density at radius 3 is 1.67 bits per heavy atom. The molecule has 6 rings (SSSR count). The van der Waals surface area contributed by atoms with E-state index in [2.05, 4.69) is 43.5 Å². The zero-order valence-corrected chi connectivity index (χ0v) is 24.7. The van der Waals surface area contributed by atoms with Gasteiger partial charge in [-0.1, -0.05) is 19.6 Å². The summed E-state index contributed by atoms with van der Waals surface area (Å²) in [5.74, 6) is 2.61. The van der Waals surface area contributed by atoms with E-state index in [1.807, 2.05) is 41.9 Å². The number of aromatic nitrogens is 4. The summed E-state index contributed by atoms with van der Waals surface area (Å²) in [6.45, 7) is 8.58. The Bertz CT molecular complexity index is 1290. The SMILES string of the molecule is C.C1CNCCN1.COc1cccc2c1nc(Cl)n2C.COc1cccc2c1nc(N1CCNCC1)n2C.[V]. The number of fused-ring (bicyclic) bond motifs is 2. The molecule has 4 heterocycles. The van der Waals surface area contributed by atoms with Crippen molar-refractivity contribution in [2.24, 2.45) is 14.1 Å². The maximum absolute atomic E-state index is 5.88. The van der Waals surface area contributed by atoms with Crippen molar-refractivity contribution in [1.82, 2.24) is 35.1 Å². The van der Waals surface area contributed by atoms with E-state index in [-0.39, 0.29) is 26.0 Å². The van der Waals surface area contributed by atoms with E-state index in [0.717, 1.165) is 91.9 Å². The minimum atomic E-state index is 0. The first kappa shape index (κ1) is 32.7. The summed E-state index contributed by atoms with van der Waals surface area (Å²) in [5.41, 5.74) is 3.83. The van der Waals surface area contributed by atoms with Gasteiger partial charge < -0.3 is 39.5 Å². The van der Waals surface area contributed by atoms with E-state index < -0.39 is 0 Å². The summed E-state index contributed by atoms with van der Waals surface area (Å²) in [7, 11) is 7.24. The van der Waals surface area contributed by atoms with E-state index in [4.69, 9.17) is 26.1 Å². The van der Waals surface area contributed by atoms with Gasteiger partial charge in [-0.3, -0.25) is 0 Å². The molecule has 2 aromatic carbocycles. The Morgan fingerprint density at radius 1 is 0.718 bits per heavy atom. The Balaban J connectivity index is 0.000000223. The molecule has 0 bridgehead atoms. The van der Waals surface area contributed by atoms with Crippen molar-refractivity contribution in [2.45, 2.75) is 7.43 Å². The number of methoxy groups -OCH3 is 2. The van der Waals surface area contributed by atoms with Crippen LogP contribution < -0.4 is 30.3 Å². The second kappa shape index (κ2) is 16.0. The number of nitrogens with zero attached hydrogens (tertiary/aromatic N) is 5. The van der Waals surface area contributed by atoms with Crippen LogP contribution >= 0.6 is 11.6 Å². The van der Waals surface area contributed by atoms with E-state index in [9.17, 15) is 0 Å². The molecule has 3 N–H and O–H groups in total. The molecule has 0 unspecified atom stereocenters. The van der Waals surface area contributed by atoms with Crippen LogP contribution in [0.25, 0.3) is 22.1 Å². The van der Waals surface area contributed by atoms with Crippen LogP contribution in [0.15, 0.2) is 36.4 Å². The Morgan fingerprint density at radius 2 is 1.18 bits per heavy atom. The number of hydrogen-bond donors (Lipinski definition) is 3. The van der Waals surface area contributed by atoms with Gasteiger partial charge in [-0.05, 0) is 35.9 Å². The van der Waals surface area contributed by atoms with Crippen LogP contribution in [0.3, 0.4) is 0 Å². The molecule has 2 saturated heterocycles. The molecule has 2 aromatic heterocycles. The number of aryl methyl sites for hydroxylation is 2. The third-order valence-electron chi connectivity index (χ3n) is 6.47. The average molecular weight is 596 g/mol. The van der Waals surface area contributed by atoms with Crippen molar-refractivity contribution >= 4 is 39.6 Å². The predicted molar refractivity (Wildman–Crippen MR) is 157 cm³/mol. The average Bonchev–Trinajstić information content (AvgIpc) is 3.46. The molecule has 2 aliphatic heterocycles. The number of benzene rings is 2. The summed E-state index contributed by atoms with van der Waals surface area (Å²) in [6, 6.07) is 11.8. The number of anilines is 1. The molecular formula is C27H41ClN8O2V. The van der Waals surface area contributed by atoms with Gasteiger partial charge in [-0.2, -0.15) is 0 Å². The fraction of sp³-hybridized carbons (Fsp3) is 0.481. The number of halogens is 1. The second-order valence-corrected chi connectivity index (χ2v) is 9.14. The topological polar surface area (TPSA) is 93.4 Å². The zero-order chi connectivity index (χ0) is 26.2. The van der Waals surface area contributed by atoms with Crippen LogP contribution in [0, 0.1) is 0 Å². The van der Waals surface area contributed by atoms with Crippen molar-refractivity contribution in [1.29, 1.82) is 0 Å². The molecule has 12 heteroatoms. The normalized spacial score (nSPS) is 14.7. The maximum Gasteiger partial charge on any atom is 0.206 e. The van der Waals surface area contributed by atoms with E-state index in [1.165, 1.54) is 0 Å². The van der Waals surface area contributed by atoms with Crippen molar-refractivity contribution in [3.8, 4) is 11.5 Å². The molecule has 4 aromatic rings. The Labute approximate surface area is 248 Å². The van der Waals surface area contributed by atoms with Gasteiger partial charge in [-0.25, -0.2) is 9.97 Å². The molecule has 0 amide bonds. The maximum atomic E-state index is 5.88. The molecule has 2 aliphatic rings. The third-order valence-corrected chi connectivity index (χ3v) is 6.81. The molecule has 39 heavy (non-hydrogen) atoms. The molecule has 0 saturated carbocycles. The first-order valence-corrected chi connectivity index (χ1v) is 12.9. The number of rotatable bonds is 3. The Kier molecular flexibility index (Phi) is 13.4. The van der Waals surface area contributed by atoms with Crippen molar-refractivity contribution in [2.75, 3.05) is 71.5 Å². The second-order valence-electron chi connectivity index (χ2n) is 8.80. The van der Waals surface area contributed by atoms with Crippen molar-refractivity contribution in [3.63, 3.8) is 0 Å². The molecule has 1 radical (unpaired) electrons. The molecule has 0 spiro atoms. The van der Waals surface area contributed by atoms with Gasteiger partial charge >= 0.3 is 0 Å². The standard InChI is InChI=1S/C13H18N4O.C9H9ClN2O.C4H10N2.CH4.V/c1-16-10-4-3-5-11(18-2)12(10)15-13(16)17-8-6-14-7-9-17;1-12-6-4-3-5-7(13-2)8(6)11-9(12)10;1-2-6-4-3-5-1;;/h3-5,14H,6-9H2,1-2H3;3-5H,1-2H3;5-6H,1-4H2;1H4;. The van der Waals surface area contributed by atoms with Gasteiger partial charge in [0.1, 0.15) is 22.5 Å². The largest absolute Gasteiger partial charge is 0.494 e. The smallest absolute Gasteiger partial charge is 0.206 e. The predicted octanol–water partition coefficient (Wildman–Crippen LogP) is 3.04. The number of nitrogens with one attached hydrogen (secondary N) is 3. The Hall–Kier alpha value is -2.47. The van der Waals surface area contributed by atoms with Crippen LogP contribution in [0.2, 0.25) is 5.28 Å². The van der Waals surface area contributed by atoms with E-state index in [0.29, 0.717) is 5.28 Å². The van der Waals surface area contributed by atoms with E-state index >= 15 is 0 Å². The first-order chi connectivity index (χ1) is 18.0. The van der Waals surface area contributed by atoms with Crippen molar-refractivity contribution in [3.05, 3.63) is 41.7 Å². The minimum Gasteiger partial charge on any atom is -0.494 e. The van der Waals surface area contributed by atoms with Gasteiger partial charge in [0.05, 0.1) is 25.3 Å². The molecule has 0 atom stereocenters. The fourth-order valence-electron chi connectivity index (χ4n) is 4.42. The van der Waals surface area contributed by atoms with Crippen LogP contribution in [0.5, 0.6) is 11.5 Å². The number of piperazine rings is 2. The number of imidazole rings is 2. The molecular weight excluding hydrogens is 555 g/mol. The molecule has 2 fully saturated rings. The zero-order valence-electron chi connectivity index (χ0n) is 22.5. The van der Waals surface area contributed by atoms with Gasteiger partial charge in [0.15, 0.2) is 0 Å². The minimum absolute atomic E-state index is 0. The molecule has 213 valence electrons. The van der Waals surface area contributed by atoms with E-state index in [1.54, 1.807) is 14.2 Å². The molecule has 10 nitrogen and oxygen atoms in total. The number of para-hydroxylation sites is 2. The summed E-state index contributed by atoms with van der Waals surface area (Å²) < 4.78 is 14.5. The summed E-state index contributed by atoms with van der Waals surface area (Å²) >= 11 is 5.88. The van der Waals surface area contributed by atoms with Gasteiger partial charge in [0, 0.05) is 85.0 Å². The van der Waals surface area contributed by atoms with Crippen LogP contribution in [-0.4, -0.2) is 85.7 Å². The van der Waals surface area contributed by atoms with Crippen molar-refractivity contribution < 1.29 is 28.0 Å². The van der Waals surface area contributed by atoms with Gasteiger partial charge in [0.2, 0.25) is 11.2 Å². The van der Waals surface area contributed by atoms with Crippen LogP contribution in [-0.2, 0) is 32.7 Å². The monoisotopic (exact) mass is 595 g/mol. The van der Waals surface area contributed by atoms with Crippen LogP contribution in [0.4, 0.5) is 5.95 Å². The van der Waals surface area contributed by atoms with Crippen LogP contribution in [0.1, 0.15) is 7.43 Å². The summed E-state index contributed by atoms with van der Waals surface area (Å²) in [6.07, 6.45) is 0. The summed E-state index contributed by atoms with van der Waals surface area (Å²) in [4.78, 5) is 11.2. The van der Waals surface area contributed by atoms with Gasteiger partial charge in [0.25, 0.3) is 0 Å². The third kappa shape index (κ3) is 7.81. The first-order valence-electron chi connectivity index (χ1n) is 12.6. The number of hydrogen-bond acceptors (Lipinski definition) is 8. The summed E-state index contributed by atoms with van der Waals surface area (Å²) in [5, 5.41) is 10.3. The molecule has 0 aliphatic carbocycles. The fourth-order valence-corrected chi connectivity index (χ4v) is 4.59.